The lowest BCUT2D eigenvalue weighted by atomic mass is 10.2. The van der Waals surface area contributed by atoms with Crippen molar-refractivity contribution in [1.82, 2.24) is 4.98 Å². The second-order valence-corrected chi connectivity index (χ2v) is 5.20. The van der Waals surface area contributed by atoms with Crippen LogP contribution in [0, 0.1) is 6.92 Å². The van der Waals surface area contributed by atoms with Gasteiger partial charge in [0.15, 0.2) is 5.13 Å². The van der Waals surface area contributed by atoms with Crippen molar-refractivity contribution in [2.24, 2.45) is 0 Å². The Hall–Kier alpha value is -1.88. The maximum absolute atomic E-state index is 11.1. The van der Waals surface area contributed by atoms with Gasteiger partial charge in [0, 0.05) is 30.2 Å². The molecule has 1 aromatic heterocycles. The first-order valence-corrected chi connectivity index (χ1v) is 6.48. The molecule has 0 unspecified atom stereocenters. The summed E-state index contributed by atoms with van der Waals surface area (Å²) >= 11 is 1.62. The van der Waals surface area contributed by atoms with Gasteiger partial charge in [-0.3, -0.25) is 4.79 Å². The minimum Gasteiger partial charge on any atom is -0.357 e. The van der Waals surface area contributed by atoms with Gasteiger partial charge >= 0.3 is 0 Å². The molecule has 0 aliphatic carbocycles. The zero-order valence-electron chi connectivity index (χ0n) is 10.4. The summed E-state index contributed by atoms with van der Waals surface area (Å²) in [6.45, 7) is 4.17. The number of carbonyl (C=O) groups is 1. The molecule has 0 saturated carbocycles. The van der Waals surface area contributed by atoms with Crippen molar-refractivity contribution in [2.75, 3.05) is 10.6 Å². The van der Waals surface area contributed by atoms with Gasteiger partial charge in [-0.15, -0.1) is 11.3 Å². The maximum Gasteiger partial charge on any atom is 0.221 e. The third-order valence-corrected chi connectivity index (χ3v) is 3.25. The van der Waals surface area contributed by atoms with Crippen LogP contribution < -0.4 is 10.6 Å². The molecular formula is C13H15N3OS. The fraction of sp³-hybridized carbons (Fsp3) is 0.231. The number of thiazole rings is 1. The van der Waals surface area contributed by atoms with E-state index >= 15 is 0 Å². The van der Waals surface area contributed by atoms with Gasteiger partial charge in [-0.25, -0.2) is 4.98 Å². The Kier molecular flexibility index (Phi) is 3.94. The number of nitrogens with one attached hydrogen (secondary N) is 2. The summed E-state index contributed by atoms with van der Waals surface area (Å²) in [6, 6.07) is 7.74. The SMILES string of the molecule is CC(=O)Nc1ccccc1CNc1ncc(C)s1. The van der Waals surface area contributed by atoms with E-state index in [-0.39, 0.29) is 5.91 Å². The quantitative estimate of drug-likeness (QED) is 0.889. The monoisotopic (exact) mass is 261 g/mol. The number of amides is 1. The summed E-state index contributed by atoms with van der Waals surface area (Å²) < 4.78 is 0. The molecule has 1 amide bonds. The molecule has 0 aliphatic heterocycles. The third kappa shape index (κ3) is 3.30. The summed E-state index contributed by atoms with van der Waals surface area (Å²) in [6.07, 6.45) is 1.84. The highest BCUT2D eigenvalue weighted by Crippen LogP contribution is 2.20. The van der Waals surface area contributed by atoms with E-state index < -0.39 is 0 Å². The minimum atomic E-state index is -0.0625. The van der Waals surface area contributed by atoms with E-state index in [0.717, 1.165) is 16.4 Å². The van der Waals surface area contributed by atoms with Gasteiger partial charge in [0.2, 0.25) is 5.91 Å². The third-order valence-electron chi connectivity index (χ3n) is 2.38. The number of aryl methyl sites for hydroxylation is 1. The van der Waals surface area contributed by atoms with Gasteiger partial charge in [0.1, 0.15) is 0 Å². The second kappa shape index (κ2) is 5.64. The van der Waals surface area contributed by atoms with Crippen molar-refractivity contribution in [3.05, 3.63) is 40.9 Å². The van der Waals surface area contributed by atoms with Crippen LogP contribution >= 0.6 is 11.3 Å². The predicted octanol–water partition coefficient (Wildman–Crippen LogP) is 3.02. The standard InChI is InChI=1S/C13H15N3OS/c1-9-7-14-13(18-9)15-8-11-5-3-4-6-12(11)16-10(2)17/h3-7H,8H2,1-2H3,(H,14,15)(H,16,17). The predicted molar refractivity (Wildman–Crippen MR) is 74.9 cm³/mol. The second-order valence-electron chi connectivity index (χ2n) is 3.97. The Bertz CT molecular complexity index is 551. The van der Waals surface area contributed by atoms with E-state index in [0.29, 0.717) is 6.54 Å². The normalized spacial score (nSPS) is 10.1. The van der Waals surface area contributed by atoms with Crippen LogP contribution in [-0.2, 0) is 11.3 Å². The number of benzene rings is 1. The zero-order chi connectivity index (χ0) is 13.0. The first-order chi connectivity index (χ1) is 8.65. The molecule has 0 atom stereocenters. The van der Waals surface area contributed by atoms with Crippen LogP contribution in [0.1, 0.15) is 17.4 Å². The van der Waals surface area contributed by atoms with Gasteiger partial charge in [-0.05, 0) is 18.6 Å². The summed E-state index contributed by atoms with van der Waals surface area (Å²) in [5.74, 6) is -0.0625. The summed E-state index contributed by atoms with van der Waals surface area (Å²) in [5, 5.41) is 6.96. The molecule has 2 rings (SSSR count). The summed E-state index contributed by atoms with van der Waals surface area (Å²) in [4.78, 5) is 16.5. The lowest BCUT2D eigenvalue weighted by Gasteiger charge is -2.10. The van der Waals surface area contributed by atoms with Crippen molar-refractivity contribution >= 4 is 28.1 Å². The van der Waals surface area contributed by atoms with Crippen LogP contribution in [0.25, 0.3) is 0 Å². The largest absolute Gasteiger partial charge is 0.357 e. The van der Waals surface area contributed by atoms with Crippen LogP contribution in [0.3, 0.4) is 0 Å². The van der Waals surface area contributed by atoms with Gasteiger partial charge in [-0.1, -0.05) is 18.2 Å². The summed E-state index contributed by atoms with van der Waals surface area (Å²) in [7, 11) is 0. The number of hydrogen-bond acceptors (Lipinski definition) is 4. The number of carbonyl (C=O) groups excluding carboxylic acids is 1. The lowest BCUT2D eigenvalue weighted by molar-refractivity contribution is -0.114. The molecule has 1 heterocycles. The molecule has 18 heavy (non-hydrogen) atoms. The van der Waals surface area contributed by atoms with E-state index in [1.165, 1.54) is 11.8 Å². The number of nitrogens with zero attached hydrogens (tertiary/aromatic N) is 1. The molecule has 0 spiro atoms. The molecule has 0 radical (unpaired) electrons. The Morgan fingerprint density at radius 3 is 2.83 bits per heavy atom. The molecule has 2 N–H and O–H groups in total. The average Bonchev–Trinajstić information content (AvgIpc) is 2.73. The van der Waals surface area contributed by atoms with Crippen molar-refractivity contribution in [3.63, 3.8) is 0 Å². The molecular weight excluding hydrogens is 246 g/mol. The number of aromatic nitrogens is 1. The fourth-order valence-electron chi connectivity index (χ4n) is 1.59. The average molecular weight is 261 g/mol. The lowest BCUT2D eigenvalue weighted by Crippen LogP contribution is -2.09. The first-order valence-electron chi connectivity index (χ1n) is 5.67. The topological polar surface area (TPSA) is 54.0 Å². The van der Waals surface area contributed by atoms with Gasteiger partial charge in [-0.2, -0.15) is 0 Å². The first kappa shape index (κ1) is 12.6. The number of anilines is 2. The number of hydrogen-bond donors (Lipinski definition) is 2. The highest BCUT2D eigenvalue weighted by atomic mass is 32.1. The smallest absolute Gasteiger partial charge is 0.221 e. The van der Waals surface area contributed by atoms with Crippen molar-refractivity contribution in [2.45, 2.75) is 20.4 Å². The Morgan fingerprint density at radius 2 is 2.17 bits per heavy atom. The van der Waals surface area contributed by atoms with E-state index in [1.807, 2.05) is 37.4 Å². The highest BCUT2D eigenvalue weighted by molar-refractivity contribution is 7.15. The van der Waals surface area contributed by atoms with E-state index in [2.05, 4.69) is 15.6 Å². The number of para-hydroxylation sites is 1. The Morgan fingerprint density at radius 1 is 1.39 bits per heavy atom. The van der Waals surface area contributed by atoms with Crippen molar-refractivity contribution < 1.29 is 4.79 Å². The van der Waals surface area contributed by atoms with Gasteiger partial charge in [0.25, 0.3) is 0 Å². The minimum absolute atomic E-state index is 0.0625. The fourth-order valence-corrected chi connectivity index (χ4v) is 2.25. The molecule has 0 bridgehead atoms. The molecule has 0 aliphatic rings. The van der Waals surface area contributed by atoms with Crippen molar-refractivity contribution in [3.8, 4) is 0 Å². The summed E-state index contributed by atoms with van der Waals surface area (Å²) in [5.41, 5.74) is 1.88. The van der Waals surface area contributed by atoms with Crippen LogP contribution in [0.15, 0.2) is 30.5 Å². The molecule has 2 aromatic rings. The molecule has 5 heteroatoms. The molecule has 1 aromatic carbocycles. The highest BCUT2D eigenvalue weighted by Gasteiger charge is 2.04. The number of rotatable bonds is 4. The van der Waals surface area contributed by atoms with Crippen LogP contribution in [0.5, 0.6) is 0 Å². The maximum atomic E-state index is 11.1. The van der Waals surface area contributed by atoms with E-state index in [9.17, 15) is 4.79 Å². The van der Waals surface area contributed by atoms with Crippen LogP contribution in [-0.4, -0.2) is 10.9 Å². The molecule has 4 nitrogen and oxygen atoms in total. The van der Waals surface area contributed by atoms with E-state index in [1.54, 1.807) is 11.3 Å². The van der Waals surface area contributed by atoms with E-state index in [4.69, 9.17) is 0 Å². The van der Waals surface area contributed by atoms with Crippen LogP contribution in [0.4, 0.5) is 10.8 Å². The Balaban J connectivity index is 2.06. The Labute approximate surface area is 110 Å². The molecule has 0 fully saturated rings. The van der Waals surface area contributed by atoms with Gasteiger partial charge < -0.3 is 10.6 Å². The molecule has 0 saturated heterocycles. The molecule has 94 valence electrons. The zero-order valence-corrected chi connectivity index (χ0v) is 11.2. The van der Waals surface area contributed by atoms with Crippen molar-refractivity contribution in [1.29, 1.82) is 0 Å². The van der Waals surface area contributed by atoms with Crippen LogP contribution in [0.2, 0.25) is 0 Å². The van der Waals surface area contributed by atoms with Gasteiger partial charge in [0.05, 0.1) is 0 Å².